The molecule has 20 heavy (non-hydrogen) atoms. The fourth-order valence-electron chi connectivity index (χ4n) is 2.17. The van der Waals surface area contributed by atoms with Gasteiger partial charge in [0.15, 0.2) is 0 Å². The number of amides is 1. The standard InChI is InChI=1S/C16H24N2O2/c1-11(2)17-9-12(3)10-20-14-6-4-13-5-7-16(19)18-15(13)8-14/h4,6,8,11-12,17H,5,7,9-10H2,1-3H3,(H,18,19). The molecule has 0 radical (unpaired) electrons. The van der Waals surface area contributed by atoms with Crippen molar-refractivity contribution in [3.8, 4) is 5.75 Å². The van der Waals surface area contributed by atoms with E-state index in [1.54, 1.807) is 0 Å². The van der Waals surface area contributed by atoms with Gasteiger partial charge in [-0.1, -0.05) is 26.8 Å². The normalized spacial score (nSPS) is 15.7. The van der Waals surface area contributed by atoms with Gasteiger partial charge in [-0.25, -0.2) is 0 Å². The molecule has 1 aliphatic rings. The van der Waals surface area contributed by atoms with Gasteiger partial charge in [-0.15, -0.1) is 0 Å². The number of carbonyl (C=O) groups excluding carboxylic acids is 1. The molecule has 0 saturated carbocycles. The Labute approximate surface area is 120 Å². The number of benzene rings is 1. The molecule has 1 unspecified atom stereocenters. The lowest BCUT2D eigenvalue weighted by Gasteiger charge is -2.19. The fourth-order valence-corrected chi connectivity index (χ4v) is 2.17. The number of fused-ring (bicyclic) bond motifs is 1. The Morgan fingerprint density at radius 3 is 2.85 bits per heavy atom. The van der Waals surface area contributed by atoms with E-state index in [-0.39, 0.29) is 5.91 Å². The van der Waals surface area contributed by atoms with Crippen molar-refractivity contribution in [2.75, 3.05) is 18.5 Å². The second-order valence-electron chi connectivity index (χ2n) is 5.85. The number of hydrogen-bond donors (Lipinski definition) is 2. The molecule has 1 aliphatic heterocycles. The largest absolute Gasteiger partial charge is 0.493 e. The summed E-state index contributed by atoms with van der Waals surface area (Å²) >= 11 is 0. The Morgan fingerprint density at radius 1 is 1.30 bits per heavy atom. The summed E-state index contributed by atoms with van der Waals surface area (Å²) in [6.07, 6.45) is 1.39. The molecule has 4 heteroatoms. The van der Waals surface area contributed by atoms with Crippen molar-refractivity contribution in [3.05, 3.63) is 23.8 Å². The van der Waals surface area contributed by atoms with Crippen LogP contribution in [0.25, 0.3) is 0 Å². The monoisotopic (exact) mass is 276 g/mol. The van der Waals surface area contributed by atoms with E-state index in [2.05, 4.69) is 31.4 Å². The van der Waals surface area contributed by atoms with Gasteiger partial charge in [-0.2, -0.15) is 0 Å². The zero-order valence-electron chi connectivity index (χ0n) is 12.5. The number of ether oxygens (including phenoxy) is 1. The first-order valence-corrected chi connectivity index (χ1v) is 7.33. The number of nitrogens with one attached hydrogen (secondary N) is 2. The second kappa shape index (κ2) is 6.75. The minimum absolute atomic E-state index is 0.0872. The van der Waals surface area contributed by atoms with E-state index in [1.165, 1.54) is 5.56 Å². The maximum atomic E-state index is 11.4. The van der Waals surface area contributed by atoms with E-state index >= 15 is 0 Å². The van der Waals surface area contributed by atoms with Gasteiger partial charge in [0.1, 0.15) is 5.75 Å². The van der Waals surface area contributed by atoms with Crippen LogP contribution in [0.1, 0.15) is 32.8 Å². The highest BCUT2D eigenvalue weighted by atomic mass is 16.5. The first-order chi connectivity index (χ1) is 9.54. The summed E-state index contributed by atoms with van der Waals surface area (Å²) in [6.45, 7) is 8.06. The molecule has 1 atom stereocenters. The van der Waals surface area contributed by atoms with E-state index in [9.17, 15) is 4.79 Å². The summed E-state index contributed by atoms with van der Waals surface area (Å²) < 4.78 is 5.81. The van der Waals surface area contributed by atoms with Gasteiger partial charge in [0, 0.05) is 36.7 Å². The number of anilines is 1. The van der Waals surface area contributed by atoms with Gasteiger partial charge < -0.3 is 15.4 Å². The van der Waals surface area contributed by atoms with Crippen molar-refractivity contribution < 1.29 is 9.53 Å². The summed E-state index contributed by atoms with van der Waals surface area (Å²) in [6, 6.07) is 6.45. The first kappa shape index (κ1) is 14.9. The van der Waals surface area contributed by atoms with Gasteiger partial charge in [0.2, 0.25) is 5.91 Å². The summed E-state index contributed by atoms with van der Waals surface area (Å²) in [5.41, 5.74) is 2.08. The van der Waals surface area contributed by atoms with Crippen molar-refractivity contribution in [2.45, 2.75) is 39.7 Å². The van der Waals surface area contributed by atoms with E-state index in [1.807, 2.05) is 18.2 Å². The van der Waals surface area contributed by atoms with Crippen LogP contribution in [0.3, 0.4) is 0 Å². The van der Waals surface area contributed by atoms with Crippen LogP contribution < -0.4 is 15.4 Å². The van der Waals surface area contributed by atoms with Crippen LogP contribution in [0.2, 0.25) is 0 Å². The van der Waals surface area contributed by atoms with Crippen LogP contribution in [0, 0.1) is 5.92 Å². The number of rotatable bonds is 6. The van der Waals surface area contributed by atoms with Crippen LogP contribution in [-0.4, -0.2) is 25.1 Å². The van der Waals surface area contributed by atoms with E-state index in [4.69, 9.17) is 4.74 Å². The molecule has 4 nitrogen and oxygen atoms in total. The van der Waals surface area contributed by atoms with Crippen LogP contribution in [0.5, 0.6) is 5.75 Å². The molecule has 0 aliphatic carbocycles. The third-order valence-electron chi connectivity index (χ3n) is 3.39. The predicted molar refractivity (Wildman–Crippen MR) is 81.2 cm³/mol. The summed E-state index contributed by atoms with van der Waals surface area (Å²) in [5.74, 6) is 1.36. The lowest BCUT2D eigenvalue weighted by atomic mass is 10.0. The third kappa shape index (κ3) is 4.23. The molecular formula is C16H24N2O2. The molecule has 2 rings (SSSR count). The zero-order valence-corrected chi connectivity index (χ0v) is 12.5. The molecule has 0 fully saturated rings. The van der Waals surface area contributed by atoms with Gasteiger partial charge in [0.05, 0.1) is 6.61 Å². The van der Waals surface area contributed by atoms with E-state index in [0.717, 1.165) is 24.4 Å². The lowest BCUT2D eigenvalue weighted by Crippen LogP contribution is -2.30. The van der Waals surface area contributed by atoms with E-state index in [0.29, 0.717) is 25.0 Å². The Bertz CT molecular complexity index is 472. The van der Waals surface area contributed by atoms with E-state index < -0.39 is 0 Å². The van der Waals surface area contributed by atoms with Gasteiger partial charge in [-0.05, 0) is 18.1 Å². The Balaban J connectivity index is 1.87. The second-order valence-corrected chi connectivity index (χ2v) is 5.85. The molecular weight excluding hydrogens is 252 g/mol. The summed E-state index contributed by atoms with van der Waals surface area (Å²) in [7, 11) is 0. The predicted octanol–water partition coefficient (Wildman–Crippen LogP) is 2.58. The fraction of sp³-hybridized carbons (Fsp3) is 0.562. The minimum Gasteiger partial charge on any atom is -0.493 e. The highest BCUT2D eigenvalue weighted by molar-refractivity contribution is 5.94. The average Bonchev–Trinajstić information content (AvgIpc) is 2.42. The van der Waals surface area contributed by atoms with Gasteiger partial charge in [0.25, 0.3) is 0 Å². The Hall–Kier alpha value is -1.55. The topological polar surface area (TPSA) is 50.4 Å². The first-order valence-electron chi connectivity index (χ1n) is 7.33. The molecule has 1 aromatic carbocycles. The van der Waals surface area contributed by atoms with Crippen molar-refractivity contribution in [1.29, 1.82) is 0 Å². The number of hydrogen-bond acceptors (Lipinski definition) is 3. The van der Waals surface area contributed by atoms with Gasteiger partial charge in [-0.3, -0.25) is 4.79 Å². The minimum atomic E-state index is 0.0872. The smallest absolute Gasteiger partial charge is 0.224 e. The number of aryl methyl sites for hydroxylation is 1. The average molecular weight is 276 g/mol. The van der Waals surface area contributed by atoms with Gasteiger partial charge >= 0.3 is 0 Å². The molecule has 0 aromatic heterocycles. The van der Waals surface area contributed by atoms with Crippen LogP contribution in [0.15, 0.2) is 18.2 Å². The molecule has 1 amide bonds. The molecule has 1 heterocycles. The molecule has 0 spiro atoms. The zero-order chi connectivity index (χ0) is 14.5. The molecule has 0 saturated heterocycles. The van der Waals surface area contributed by atoms with Crippen LogP contribution in [0.4, 0.5) is 5.69 Å². The Morgan fingerprint density at radius 2 is 2.10 bits per heavy atom. The van der Waals surface area contributed by atoms with Crippen molar-refractivity contribution in [2.24, 2.45) is 5.92 Å². The van der Waals surface area contributed by atoms with Crippen molar-refractivity contribution in [3.63, 3.8) is 0 Å². The van der Waals surface area contributed by atoms with Crippen LogP contribution >= 0.6 is 0 Å². The highest BCUT2D eigenvalue weighted by Crippen LogP contribution is 2.27. The van der Waals surface area contributed by atoms with Crippen molar-refractivity contribution >= 4 is 11.6 Å². The summed E-state index contributed by atoms with van der Waals surface area (Å²) in [5, 5.41) is 6.30. The highest BCUT2D eigenvalue weighted by Gasteiger charge is 2.15. The maximum Gasteiger partial charge on any atom is 0.224 e. The Kier molecular flexibility index (Phi) is 5.01. The third-order valence-corrected chi connectivity index (χ3v) is 3.39. The molecule has 1 aromatic rings. The van der Waals surface area contributed by atoms with Crippen molar-refractivity contribution in [1.82, 2.24) is 5.32 Å². The summed E-state index contributed by atoms with van der Waals surface area (Å²) in [4.78, 5) is 11.4. The molecule has 2 N–H and O–H groups in total. The molecule has 110 valence electrons. The maximum absolute atomic E-state index is 11.4. The molecule has 0 bridgehead atoms. The quantitative estimate of drug-likeness (QED) is 0.839. The van der Waals surface area contributed by atoms with Crippen LogP contribution in [-0.2, 0) is 11.2 Å². The number of carbonyl (C=O) groups is 1. The SMILES string of the molecule is CC(CNC(C)C)COc1ccc2c(c1)NC(=O)CC2. The lowest BCUT2D eigenvalue weighted by molar-refractivity contribution is -0.116.